The van der Waals surface area contributed by atoms with E-state index in [0.717, 1.165) is 6.42 Å². The zero-order chi connectivity index (χ0) is 35.5. The number of phenolic OH excluding ortho intramolecular Hbond substituents is 1. The number of rotatable bonds is 6. The van der Waals surface area contributed by atoms with E-state index in [1.807, 2.05) is 0 Å². The number of fused-ring (bicyclic) bond motifs is 3. The van der Waals surface area contributed by atoms with Crippen LogP contribution in [-0.4, -0.2) is 86.7 Å². The molecular formula is C36H35F4N7O4. The Morgan fingerprint density at radius 2 is 1.84 bits per heavy atom. The van der Waals surface area contributed by atoms with Crippen molar-refractivity contribution >= 4 is 39.4 Å². The number of imide groups is 1. The zero-order valence-corrected chi connectivity index (χ0v) is 27.8. The van der Waals surface area contributed by atoms with Crippen molar-refractivity contribution in [2.45, 2.75) is 68.9 Å². The first-order valence-corrected chi connectivity index (χ1v) is 17.3. The molecule has 3 amide bonds. The third-order valence-electron chi connectivity index (χ3n) is 11.8. The highest BCUT2D eigenvalue weighted by Gasteiger charge is 2.77. The second-order valence-electron chi connectivity index (χ2n) is 14.9. The maximum Gasteiger partial charge on any atom is 0.322 e. The molecule has 0 unspecified atom stereocenters. The molecule has 2 spiro atoms. The summed E-state index contributed by atoms with van der Waals surface area (Å²) in [7, 11) is 0. The van der Waals surface area contributed by atoms with Crippen LogP contribution >= 0.6 is 0 Å². The highest BCUT2D eigenvalue weighted by molar-refractivity contribution is 6.08. The predicted molar refractivity (Wildman–Crippen MR) is 178 cm³/mol. The molecule has 0 radical (unpaired) electrons. The molecule has 9 rings (SSSR count). The maximum atomic E-state index is 17.0. The smallest absolute Gasteiger partial charge is 0.322 e. The first-order chi connectivity index (χ1) is 24.4. The number of halogens is 4. The number of anilines is 1. The highest BCUT2D eigenvalue weighted by atomic mass is 19.3. The Bertz CT molecular complexity index is 2190. The number of piperidine rings is 1. The molecule has 4 aromatic rings. The number of ether oxygens (including phenoxy) is 1. The highest BCUT2D eigenvalue weighted by Crippen LogP contribution is 2.69. The normalized spacial score (nSPS) is 28.2. The Kier molecular flexibility index (Phi) is 6.84. The summed E-state index contributed by atoms with van der Waals surface area (Å²) in [5.74, 6) is -4.47. The van der Waals surface area contributed by atoms with E-state index in [2.05, 4.69) is 25.5 Å². The van der Waals surface area contributed by atoms with Crippen molar-refractivity contribution < 1.29 is 37.0 Å². The minimum Gasteiger partial charge on any atom is -0.508 e. The van der Waals surface area contributed by atoms with E-state index < -0.39 is 46.0 Å². The number of benzene rings is 2. The molecule has 4 saturated heterocycles. The van der Waals surface area contributed by atoms with Crippen LogP contribution in [0.4, 0.5) is 28.2 Å². The molecule has 266 valence electrons. The zero-order valence-electron chi connectivity index (χ0n) is 27.8. The molecule has 5 fully saturated rings. The fourth-order valence-electron chi connectivity index (χ4n) is 9.25. The molecule has 1 aliphatic carbocycles. The maximum absolute atomic E-state index is 17.0. The lowest BCUT2D eigenvalue weighted by Gasteiger charge is -2.39. The number of nitrogens with zero attached hydrogens (tertiary/aromatic N) is 5. The monoisotopic (exact) mass is 705 g/mol. The van der Waals surface area contributed by atoms with Crippen molar-refractivity contribution in [1.82, 2.24) is 30.5 Å². The van der Waals surface area contributed by atoms with E-state index in [4.69, 9.17) is 9.72 Å². The quantitative estimate of drug-likeness (QED) is 0.183. The van der Waals surface area contributed by atoms with Gasteiger partial charge in [0.2, 0.25) is 0 Å². The average Bonchev–Trinajstić information content (AvgIpc) is 3.36. The first kappa shape index (κ1) is 32.1. The molecule has 2 aromatic carbocycles. The number of aromatic hydroxyl groups is 1. The SMILES string of the molecule is CCc1c(F)ccc2cc(O)cc(-c3ncc4c(N5CCC[C@]6(C5)NC(=O)NC6=O)nc(OC[C@@]56CCCN5C[C@@]5(CC5(F)F)C6)nc4c3F)c12. The van der Waals surface area contributed by atoms with Crippen molar-refractivity contribution in [2.24, 2.45) is 5.41 Å². The summed E-state index contributed by atoms with van der Waals surface area (Å²) >= 11 is 0. The van der Waals surface area contributed by atoms with E-state index in [9.17, 15) is 23.5 Å². The van der Waals surface area contributed by atoms with Gasteiger partial charge in [0.1, 0.15) is 40.7 Å². The fourth-order valence-corrected chi connectivity index (χ4v) is 9.25. The third-order valence-corrected chi connectivity index (χ3v) is 11.8. The lowest BCUT2D eigenvalue weighted by atomic mass is 9.89. The van der Waals surface area contributed by atoms with Gasteiger partial charge in [-0.05, 0) is 79.6 Å². The molecule has 0 bridgehead atoms. The molecule has 11 nitrogen and oxygen atoms in total. The number of hydrogen-bond acceptors (Lipinski definition) is 9. The lowest BCUT2D eigenvalue weighted by molar-refractivity contribution is -0.124. The van der Waals surface area contributed by atoms with Gasteiger partial charge >= 0.3 is 12.0 Å². The van der Waals surface area contributed by atoms with Crippen molar-refractivity contribution in [3.63, 3.8) is 0 Å². The van der Waals surface area contributed by atoms with Crippen LogP contribution < -0.4 is 20.3 Å². The number of pyridine rings is 1. The van der Waals surface area contributed by atoms with Gasteiger partial charge in [0.25, 0.3) is 11.8 Å². The summed E-state index contributed by atoms with van der Waals surface area (Å²) in [6, 6.07) is 4.84. The van der Waals surface area contributed by atoms with Crippen LogP contribution in [-0.2, 0) is 11.2 Å². The minimum absolute atomic E-state index is 0.0219. The summed E-state index contributed by atoms with van der Waals surface area (Å²) in [5.41, 5.74) is -2.75. The summed E-state index contributed by atoms with van der Waals surface area (Å²) in [6.07, 6.45) is 4.21. The van der Waals surface area contributed by atoms with Crippen molar-refractivity contribution in [2.75, 3.05) is 37.7 Å². The minimum atomic E-state index is -2.72. The fraction of sp³-hybridized carbons (Fsp3) is 0.472. The number of carbonyl (C=O) groups excluding carboxylic acids is 2. The molecular weight excluding hydrogens is 670 g/mol. The van der Waals surface area contributed by atoms with Gasteiger partial charge in [-0.3, -0.25) is 20.0 Å². The summed E-state index contributed by atoms with van der Waals surface area (Å²) in [6.45, 7) is 3.21. The number of urea groups is 1. The van der Waals surface area contributed by atoms with Crippen molar-refractivity contribution in [3.05, 3.63) is 47.7 Å². The Morgan fingerprint density at radius 3 is 2.59 bits per heavy atom. The molecule has 6 heterocycles. The van der Waals surface area contributed by atoms with E-state index in [0.29, 0.717) is 61.7 Å². The van der Waals surface area contributed by atoms with Gasteiger partial charge in [-0.25, -0.2) is 22.4 Å². The van der Waals surface area contributed by atoms with Crippen LogP contribution in [0.2, 0.25) is 0 Å². The Labute approximate surface area is 289 Å². The third kappa shape index (κ3) is 4.76. The van der Waals surface area contributed by atoms with E-state index in [-0.39, 0.29) is 65.7 Å². The summed E-state index contributed by atoms with van der Waals surface area (Å²) in [5, 5.41) is 16.8. The molecule has 3 N–H and O–H groups in total. The molecule has 2 aromatic heterocycles. The molecule has 3 atom stereocenters. The molecule has 51 heavy (non-hydrogen) atoms. The molecule has 1 saturated carbocycles. The molecule has 5 aliphatic rings. The van der Waals surface area contributed by atoms with Gasteiger partial charge < -0.3 is 20.1 Å². The van der Waals surface area contributed by atoms with Crippen LogP contribution in [0.25, 0.3) is 32.9 Å². The number of nitrogens with one attached hydrogen (secondary N) is 2. The lowest BCUT2D eigenvalue weighted by Crippen LogP contribution is -2.58. The van der Waals surface area contributed by atoms with Crippen LogP contribution in [0.3, 0.4) is 0 Å². The van der Waals surface area contributed by atoms with E-state index in [1.54, 1.807) is 11.8 Å². The average molecular weight is 706 g/mol. The topological polar surface area (TPSA) is 133 Å². The number of aromatic nitrogens is 3. The van der Waals surface area contributed by atoms with Gasteiger partial charge in [-0.15, -0.1) is 0 Å². The molecule has 15 heteroatoms. The van der Waals surface area contributed by atoms with Crippen LogP contribution in [0, 0.1) is 17.0 Å². The summed E-state index contributed by atoms with van der Waals surface area (Å²) in [4.78, 5) is 42.6. The Morgan fingerprint density at radius 1 is 1.04 bits per heavy atom. The number of carbonyl (C=O) groups is 2. The molecule has 4 aliphatic heterocycles. The van der Waals surface area contributed by atoms with Gasteiger partial charge in [0.15, 0.2) is 5.82 Å². The summed E-state index contributed by atoms with van der Waals surface area (Å²) < 4.78 is 67.4. The van der Waals surface area contributed by atoms with Gasteiger partial charge in [0, 0.05) is 31.3 Å². The predicted octanol–water partition coefficient (Wildman–Crippen LogP) is 5.21. The largest absolute Gasteiger partial charge is 0.508 e. The van der Waals surface area contributed by atoms with Gasteiger partial charge in [-0.2, -0.15) is 9.97 Å². The van der Waals surface area contributed by atoms with Crippen molar-refractivity contribution in [3.8, 4) is 23.0 Å². The van der Waals surface area contributed by atoms with Crippen LogP contribution in [0.5, 0.6) is 11.8 Å². The van der Waals surface area contributed by atoms with Crippen LogP contribution in [0.15, 0.2) is 30.5 Å². The number of phenols is 1. The van der Waals surface area contributed by atoms with Crippen LogP contribution in [0.1, 0.15) is 51.0 Å². The number of hydrogen-bond donors (Lipinski definition) is 3. The first-order valence-electron chi connectivity index (χ1n) is 17.3. The Hall–Kier alpha value is -4.79. The Balaban J connectivity index is 1.17. The number of aryl methyl sites for hydroxylation is 1. The van der Waals surface area contributed by atoms with E-state index in [1.165, 1.54) is 30.5 Å². The second kappa shape index (κ2) is 10.9. The van der Waals surface area contributed by atoms with Crippen molar-refractivity contribution in [1.29, 1.82) is 0 Å². The number of alkyl halides is 2. The standard InChI is InChI=1S/C36H35F4N7O4/c1-2-21-24(37)6-5-19-11-20(48)12-22(25(19)21)27-26(38)28-23(13-41-27)29(46-9-4-8-35(17-46)30(49)44-31(50)45-35)43-32(42-28)51-18-34-7-3-10-47(34)16-33(14-34)15-36(33,39)40/h5-6,11-13,48H,2-4,7-10,14-18H2,1H3,(H2,44,45,49,50)/t33-,34-,35+/m0/s1. The van der Waals surface area contributed by atoms with Gasteiger partial charge in [-0.1, -0.05) is 13.0 Å². The van der Waals surface area contributed by atoms with E-state index >= 15 is 8.78 Å². The number of amides is 3. The van der Waals surface area contributed by atoms with Gasteiger partial charge in [0.05, 0.1) is 22.9 Å². The second-order valence-corrected chi connectivity index (χ2v) is 14.9.